The van der Waals surface area contributed by atoms with Crippen LogP contribution in [0.5, 0.6) is 0 Å². The quantitative estimate of drug-likeness (QED) is 0.796. The fourth-order valence-electron chi connectivity index (χ4n) is 3.71. The summed E-state index contributed by atoms with van der Waals surface area (Å²) in [5, 5.41) is 0. The van der Waals surface area contributed by atoms with E-state index in [1.807, 2.05) is 11.8 Å². The van der Waals surface area contributed by atoms with Crippen molar-refractivity contribution in [2.75, 3.05) is 37.8 Å². The van der Waals surface area contributed by atoms with Gasteiger partial charge in [-0.05, 0) is 38.9 Å². The molecule has 0 aliphatic carbocycles. The highest BCUT2D eigenvalue weighted by atomic mass is 32.2. The monoisotopic (exact) mass is 313 g/mol. The molecule has 3 aliphatic heterocycles. The molecule has 0 bridgehead atoms. The maximum absolute atomic E-state index is 12.8. The van der Waals surface area contributed by atoms with Crippen molar-refractivity contribution in [2.45, 2.75) is 50.9 Å². The molecule has 0 aromatic heterocycles. The Morgan fingerprint density at radius 3 is 2.95 bits per heavy atom. The van der Waals surface area contributed by atoms with E-state index < -0.39 is 0 Å². The van der Waals surface area contributed by atoms with Crippen LogP contribution >= 0.6 is 11.8 Å². The number of carbonyl (C=O) groups is 1. The highest BCUT2D eigenvalue weighted by Gasteiger charge is 2.44. The van der Waals surface area contributed by atoms with Gasteiger partial charge in [-0.2, -0.15) is 11.8 Å². The van der Waals surface area contributed by atoms with Crippen LogP contribution in [0.4, 0.5) is 0 Å². The molecule has 0 N–H and O–H groups in total. The summed E-state index contributed by atoms with van der Waals surface area (Å²) in [5.74, 6) is 2.68. The summed E-state index contributed by atoms with van der Waals surface area (Å²) in [5.41, 5.74) is -0.0182. The van der Waals surface area contributed by atoms with Gasteiger partial charge in [0.05, 0.1) is 12.2 Å². The van der Waals surface area contributed by atoms with Crippen LogP contribution in [-0.2, 0) is 14.3 Å². The summed E-state index contributed by atoms with van der Waals surface area (Å²) in [6.07, 6.45) is 2.65. The molecule has 3 fully saturated rings. The van der Waals surface area contributed by atoms with Gasteiger partial charge in [0.2, 0.25) is 0 Å². The van der Waals surface area contributed by atoms with Gasteiger partial charge in [0, 0.05) is 37.4 Å². The van der Waals surface area contributed by atoms with Gasteiger partial charge in [-0.3, -0.25) is 9.69 Å². The van der Waals surface area contributed by atoms with Gasteiger partial charge in [-0.25, -0.2) is 0 Å². The largest absolute Gasteiger partial charge is 0.374 e. The fraction of sp³-hybridized carbons (Fsp3) is 0.938. The van der Waals surface area contributed by atoms with Crippen LogP contribution in [0, 0.1) is 5.92 Å². The standard InChI is InChI=1S/C16H27NO3S/c1-12(2)17-5-7-19-14(10-17)15(18)13-3-6-20-16(9-13)4-8-21-11-16/h12-14H,3-11H2,1-2H3. The van der Waals surface area contributed by atoms with Gasteiger partial charge in [-0.15, -0.1) is 0 Å². The van der Waals surface area contributed by atoms with E-state index >= 15 is 0 Å². The summed E-state index contributed by atoms with van der Waals surface area (Å²) < 4.78 is 11.8. The Hall–Kier alpha value is -0.100. The van der Waals surface area contributed by atoms with Crippen LogP contribution in [0.2, 0.25) is 0 Å². The molecule has 5 heteroatoms. The smallest absolute Gasteiger partial charge is 0.166 e. The van der Waals surface area contributed by atoms with E-state index in [4.69, 9.17) is 9.47 Å². The second-order valence-corrected chi connectivity index (χ2v) is 7.98. The van der Waals surface area contributed by atoms with Crippen molar-refractivity contribution in [1.29, 1.82) is 0 Å². The molecule has 0 amide bonds. The van der Waals surface area contributed by atoms with E-state index in [1.165, 1.54) is 5.75 Å². The maximum atomic E-state index is 12.8. The Bertz CT molecular complexity index is 382. The van der Waals surface area contributed by atoms with Gasteiger partial charge in [0.1, 0.15) is 6.10 Å². The van der Waals surface area contributed by atoms with E-state index in [0.29, 0.717) is 18.4 Å². The minimum atomic E-state index is -0.227. The molecule has 4 nitrogen and oxygen atoms in total. The lowest BCUT2D eigenvalue weighted by Gasteiger charge is -2.40. The molecular weight excluding hydrogens is 286 g/mol. The first-order valence-corrected chi connectivity index (χ1v) is 9.36. The predicted octanol–water partition coefficient (Wildman–Crippen LogP) is 1.97. The summed E-state index contributed by atoms with van der Waals surface area (Å²) in [6.45, 7) is 7.49. The van der Waals surface area contributed by atoms with Crippen molar-refractivity contribution in [3.63, 3.8) is 0 Å². The van der Waals surface area contributed by atoms with Crippen molar-refractivity contribution in [3.8, 4) is 0 Å². The topological polar surface area (TPSA) is 38.8 Å². The second kappa shape index (κ2) is 6.57. The molecule has 3 unspecified atom stereocenters. The molecular formula is C16H27NO3S. The highest BCUT2D eigenvalue weighted by molar-refractivity contribution is 7.99. The van der Waals surface area contributed by atoms with Gasteiger partial charge in [0.25, 0.3) is 0 Å². The molecule has 0 saturated carbocycles. The molecule has 21 heavy (non-hydrogen) atoms. The van der Waals surface area contributed by atoms with E-state index in [1.54, 1.807) is 0 Å². The number of ketones is 1. The van der Waals surface area contributed by atoms with Crippen LogP contribution in [-0.4, -0.2) is 66.2 Å². The third-order valence-corrected chi connectivity index (χ3v) is 6.33. The van der Waals surface area contributed by atoms with Crippen LogP contribution in [0.3, 0.4) is 0 Å². The van der Waals surface area contributed by atoms with E-state index in [2.05, 4.69) is 18.7 Å². The maximum Gasteiger partial charge on any atom is 0.166 e. The lowest BCUT2D eigenvalue weighted by atomic mass is 9.81. The number of nitrogens with zero attached hydrogens (tertiary/aromatic N) is 1. The van der Waals surface area contributed by atoms with Crippen molar-refractivity contribution in [2.24, 2.45) is 5.92 Å². The minimum Gasteiger partial charge on any atom is -0.374 e. The lowest BCUT2D eigenvalue weighted by Crippen LogP contribution is -2.52. The Morgan fingerprint density at radius 1 is 1.38 bits per heavy atom. The minimum absolute atomic E-state index is 0.0182. The van der Waals surface area contributed by atoms with Crippen LogP contribution in [0.15, 0.2) is 0 Å². The number of hydrogen-bond acceptors (Lipinski definition) is 5. The summed E-state index contributed by atoms with van der Waals surface area (Å²) in [6, 6.07) is 0.483. The van der Waals surface area contributed by atoms with Gasteiger partial charge < -0.3 is 9.47 Å². The first-order valence-electron chi connectivity index (χ1n) is 8.21. The van der Waals surface area contributed by atoms with E-state index in [9.17, 15) is 4.79 Å². The van der Waals surface area contributed by atoms with Crippen LogP contribution < -0.4 is 0 Å². The van der Waals surface area contributed by atoms with Gasteiger partial charge in [-0.1, -0.05) is 0 Å². The number of morpholine rings is 1. The molecule has 3 saturated heterocycles. The third-order valence-electron chi connectivity index (χ3n) is 5.11. The molecule has 3 heterocycles. The molecule has 1 spiro atoms. The molecule has 0 aromatic carbocycles. The zero-order valence-corrected chi connectivity index (χ0v) is 14.0. The van der Waals surface area contributed by atoms with Gasteiger partial charge >= 0.3 is 0 Å². The zero-order chi connectivity index (χ0) is 14.9. The van der Waals surface area contributed by atoms with Crippen molar-refractivity contribution >= 4 is 17.5 Å². The fourth-order valence-corrected chi connectivity index (χ4v) is 5.09. The average molecular weight is 313 g/mol. The Labute approximate surface area is 131 Å². The van der Waals surface area contributed by atoms with Crippen LogP contribution in [0.25, 0.3) is 0 Å². The van der Waals surface area contributed by atoms with Gasteiger partial charge in [0.15, 0.2) is 5.78 Å². The molecule has 120 valence electrons. The van der Waals surface area contributed by atoms with E-state index in [-0.39, 0.29) is 17.6 Å². The number of ether oxygens (including phenoxy) is 2. The average Bonchev–Trinajstić information content (AvgIpc) is 2.94. The number of Topliss-reactive ketones (excluding diaryl/α,β-unsaturated/α-hetero) is 1. The predicted molar refractivity (Wildman–Crippen MR) is 84.8 cm³/mol. The first-order chi connectivity index (χ1) is 10.1. The molecule has 0 aromatic rings. The third kappa shape index (κ3) is 3.46. The SMILES string of the molecule is CC(C)N1CCOC(C(=O)C2CCOC3(CCSC3)C2)C1. The van der Waals surface area contributed by atoms with Crippen molar-refractivity contribution in [1.82, 2.24) is 4.90 Å². The Morgan fingerprint density at radius 2 is 2.24 bits per heavy atom. The molecule has 0 radical (unpaired) electrons. The number of carbonyl (C=O) groups excluding carboxylic acids is 1. The number of thioether (sulfide) groups is 1. The highest BCUT2D eigenvalue weighted by Crippen LogP contribution is 2.41. The van der Waals surface area contributed by atoms with Crippen LogP contribution in [0.1, 0.15) is 33.1 Å². The second-order valence-electron chi connectivity index (χ2n) is 6.87. The van der Waals surface area contributed by atoms with Crippen molar-refractivity contribution in [3.05, 3.63) is 0 Å². The number of hydrogen-bond donors (Lipinski definition) is 0. The summed E-state index contributed by atoms with van der Waals surface area (Å²) >= 11 is 1.96. The summed E-state index contributed by atoms with van der Waals surface area (Å²) in [4.78, 5) is 15.2. The Kier molecular flexibility index (Phi) is 4.94. The first kappa shape index (κ1) is 15.8. The normalized spacial score (nSPS) is 38.2. The zero-order valence-electron chi connectivity index (χ0n) is 13.2. The molecule has 3 atom stereocenters. The lowest BCUT2D eigenvalue weighted by molar-refractivity contribution is -0.150. The summed E-state index contributed by atoms with van der Waals surface area (Å²) in [7, 11) is 0. The van der Waals surface area contributed by atoms with Crippen molar-refractivity contribution < 1.29 is 14.3 Å². The van der Waals surface area contributed by atoms with E-state index in [0.717, 1.165) is 44.7 Å². The number of rotatable bonds is 3. The Balaban J connectivity index is 1.61. The molecule has 3 rings (SSSR count). The molecule has 3 aliphatic rings.